The van der Waals surface area contributed by atoms with Gasteiger partial charge in [-0.1, -0.05) is 6.07 Å². The normalized spacial score (nSPS) is 10.2. The van der Waals surface area contributed by atoms with Crippen LogP contribution in [0, 0.1) is 0 Å². The molecule has 0 unspecified atom stereocenters. The van der Waals surface area contributed by atoms with Crippen molar-refractivity contribution in [3.05, 3.63) is 29.3 Å². The van der Waals surface area contributed by atoms with Crippen molar-refractivity contribution in [1.82, 2.24) is 5.32 Å². The maximum absolute atomic E-state index is 10.9. The zero-order valence-electron chi connectivity index (χ0n) is 9.73. The first-order valence-corrected chi connectivity index (χ1v) is 5.27. The Morgan fingerprint density at radius 2 is 2.25 bits per heavy atom. The number of aldehydes is 1. The summed E-state index contributed by atoms with van der Waals surface area (Å²) in [6.07, 6.45) is 0.864. The maximum atomic E-state index is 10.9. The summed E-state index contributed by atoms with van der Waals surface area (Å²) < 4.78 is 0. The van der Waals surface area contributed by atoms with Gasteiger partial charge in [-0.05, 0) is 24.7 Å². The van der Waals surface area contributed by atoms with Gasteiger partial charge in [0.05, 0.1) is 6.61 Å². The standard InChI is InChI=1S/C12H18N2O2/c1-13-8-10-3-4-12(7-11(10)9-16)14(2)5-6-15/h3-4,7,9,13,15H,5-6,8H2,1-2H3. The Kier molecular flexibility index (Phi) is 4.95. The summed E-state index contributed by atoms with van der Waals surface area (Å²) >= 11 is 0. The first-order valence-electron chi connectivity index (χ1n) is 5.27. The van der Waals surface area contributed by atoms with E-state index in [-0.39, 0.29) is 6.61 Å². The van der Waals surface area contributed by atoms with E-state index >= 15 is 0 Å². The number of rotatable bonds is 6. The second kappa shape index (κ2) is 6.25. The van der Waals surface area contributed by atoms with Gasteiger partial charge in [-0.3, -0.25) is 4.79 Å². The van der Waals surface area contributed by atoms with Crippen LogP contribution in [0.1, 0.15) is 15.9 Å². The highest BCUT2D eigenvalue weighted by atomic mass is 16.3. The summed E-state index contributed by atoms with van der Waals surface area (Å²) in [6, 6.07) is 5.73. The number of aliphatic hydroxyl groups is 1. The third kappa shape index (κ3) is 3.05. The summed E-state index contributed by atoms with van der Waals surface area (Å²) in [5.41, 5.74) is 2.62. The molecule has 1 aromatic rings. The molecule has 1 aromatic carbocycles. The van der Waals surface area contributed by atoms with Crippen LogP contribution in [0.2, 0.25) is 0 Å². The number of aliphatic hydroxyl groups excluding tert-OH is 1. The molecule has 0 aliphatic carbocycles. The minimum Gasteiger partial charge on any atom is -0.395 e. The van der Waals surface area contributed by atoms with Crippen molar-refractivity contribution in [3.8, 4) is 0 Å². The van der Waals surface area contributed by atoms with Gasteiger partial charge in [0.2, 0.25) is 0 Å². The van der Waals surface area contributed by atoms with Gasteiger partial charge in [0.15, 0.2) is 0 Å². The van der Waals surface area contributed by atoms with Crippen LogP contribution < -0.4 is 10.2 Å². The van der Waals surface area contributed by atoms with Crippen LogP contribution in [0.5, 0.6) is 0 Å². The van der Waals surface area contributed by atoms with E-state index in [0.29, 0.717) is 18.7 Å². The minimum atomic E-state index is 0.102. The van der Waals surface area contributed by atoms with Crippen molar-refractivity contribution in [3.63, 3.8) is 0 Å². The molecule has 1 rings (SSSR count). The average Bonchev–Trinajstić information content (AvgIpc) is 2.30. The zero-order chi connectivity index (χ0) is 12.0. The third-order valence-electron chi connectivity index (χ3n) is 2.50. The Morgan fingerprint density at radius 3 is 2.81 bits per heavy atom. The number of benzene rings is 1. The van der Waals surface area contributed by atoms with E-state index in [2.05, 4.69) is 5.32 Å². The number of likely N-dealkylation sites (N-methyl/N-ethyl adjacent to an activating group) is 1. The quantitative estimate of drug-likeness (QED) is 0.694. The van der Waals surface area contributed by atoms with Crippen LogP contribution in [0.25, 0.3) is 0 Å². The second-order valence-electron chi connectivity index (χ2n) is 3.68. The fourth-order valence-corrected chi connectivity index (χ4v) is 1.56. The predicted molar refractivity (Wildman–Crippen MR) is 64.9 cm³/mol. The molecule has 0 aliphatic rings. The monoisotopic (exact) mass is 222 g/mol. The van der Waals surface area contributed by atoms with Gasteiger partial charge in [-0.2, -0.15) is 0 Å². The molecular weight excluding hydrogens is 204 g/mol. The SMILES string of the molecule is CNCc1ccc(N(C)CCO)cc1C=O. The fourth-order valence-electron chi connectivity index (χ4n) is 1.56. The molecule has 4 nitrogen and oxygen atoms in total. The Labute approximate surface area is 95.9 Å². The molecular formula is C12H18N2O2. The lowest BCUT2D eigenvalue weighted by atomic mass is 10.1. The van der Waals surface area contributed by atoms with E-state index in [4.69, 9.17) is 5.11 Å². The summed E-state index contributed by atoms with van der Waals surface area (Å²) in [5.74, 6) is 0. The Bertz CT molecular complexity index is 353. The van der Waals surface area contributed by atoms with Gasteiger partial charge in [0.25, 0.3) is 0 Å². The molecule has 16 heavy (non-hydrogen) atoms. The molecule has 0 saturated heterocycles. The van der Waals surface area contributed by atoms with Gasteiger partial charge >= 0.3 is 0 Å². The van der Waals surface area contributed by atoms with Gasteiger partial charge in [0, 0.05) is 31.4 Å². The van der Waals surface area contributed by atoms with Crippen molar-refractivity contribution in [2.75, 3.05) is 32.1 Å². The van der Waals surface area contributed by atoms with Gasteiger partial charge in [-0.25, -0.2) is 0 Å². The van der Waals surface area contributed by atoms with Crippen molar-refractivity contribution in [2.24, 2.45) is 0 Å². The largest absolute Gasteiger partial charge is 0.395 e. The molecule has 0 aliphatic heterocycles. The zero-order valence-corrected chi connectivity index (χ0v) is 9.73. The molecule has 0 fully saturated rings. The third-order valence-corrected chi connectivity index (χ3v) is 2.50. The fraction of sp³-hybridized carbons (Fsp3) is 0.417. The van der Waals surface area contributed by atoms with Crippen LogP contribution in [-0.4, -0.2) is 38.6 Å². The van der Waals surface area contributed by atoms with Crippen LogP contribution in [0.3, 0.4) is 0 Å². The van der Waals surface area contributed by atoms with Gasteiger partial charge in [-0.15, -0.1) is 0 Å². The first-order chi connectivity index (χ1) is 7.72. The molecule has 2 N–H and O–H groups in total. The summed E-state index contributed by atoms with van der Waals surface area (Å²) in [6.45, 7) is 1.34. The number of hydrogen-bond donors (Lipinski definition) is 2. The minimum absolute atomic E-state index is 0.102. The van der Waals surface area contributed by atoms with E-state index in [1.54, 1.807) is 0 Å². The van der Waals surface area contributed by atoms with Gasteiger partial charge < -0.3 is 15.3 Å². The Morgan fingerprint density at radius 1 is 1.50 bits per heavy atom. The number of nitrogens with zero attached hydrogens (tertiary/aromatic N) is 1. The van der Waals surface area contributed by atoms with Crippen molar-refractivity contribution >= 4 is 12.0 Å². The maximum Gasteiger partial charge on any atom is 0.150 e. The molecule has 0 spiro atoms. The number of hydrogen-bond acceptors (Lipinski definition) is 4. The lowest BCUT2D eigenvalue weighted by molar-refractivity contribution is 0.112. The molecule has 0 radical (unpaired) electrons. The van der Waals surface area contributed by atoms with E-state index in [1.165, 1.54) is 0 Å². The highest BCUT2D eigenvalue weighted by Crippen LogP contribution is 2.17. The van der Waals surface area contributed by atoms with Crippen LogP contribution in [0.15, 0.2) is 18.2 Å². The van der Waals surface area contributed by atoms with Crippen LogP contribution in [-0.2, 0) is 6.54 Å². The summed E-state index contributed by atoms with van der Waals surface area (Å²) in [4.78, 5) is 12.9. The van der Waals surface area contributed by atoms with Crippen molar-refractivity contribution in [2.45, 2.75) is 6.54 Å². The number of carbonyl (C=O) groups excluding carboxylic acids is 1. The van der Waals surface area contributed by atoms with E-state index in [9.17, 15) is 4.79 Å². The van der Waals surface area contributed by atoms with E-state index < -0.39 is 0 Å². The first kappa shape index (κ1) is 12.7. The molecule has 0 atom stereocenters. The van der Waals surface area contributed by atoms with Gasteiger partial charge in [0.1, 0.15) is 6.29 Å². The topological polar surface area (TPSA) is 52.6 Å². The molecule has 0 bridgehead atoms. The Balaban J connectivity index is 2.94. The summed E-state index contributed by atoms with van der Waals surface area (Å²) in [5, 5.41) is 11.9. The van der Waals surface area contributed by atoms with Crippen LogP contribution in [0.4, 0.5) is 5.69 Å². The summed E-state index contributed by atoms with van der Waals surface area (Å²) in [7, 11) is 3.73. The molecule has 0 heterocycles. The number of carbonyl (C=O) groups is 1. The van der Waals surface area contributed by atoms with Crippen molar-refractivity contribution in [1.29, 1.82) is 0 Å². The highest BCUT2D eigenvalue weighted by Gasteiger charge is 2.05. The van der Waals surface area contributed by atoms with E-state index in [0.717, 1.165) is 17.5 Å². The highest BCUT2D eigenvalue weighted by molar-refractivity contribution is 5.79. The lowest BCUT2D eigenvalue weighted by Gasteiger charge is -2.19. The smallest absolute Gasteiger partial charge is 0.150 e. The predicted octanol–water partition coefficient (Wildman–Crippen LogP) is 0.647. The molecule has 0 amide bonds. The average molecular weight is 222 g/mol. The van der Waals surface area contributed by atoms with Crippen LogP contribution >= 0.6 is 0 Å². The van der Waals surface area contributed by atoms with Crippen molar-refractivity contribution < 1.29 is 9.90 Å². The molecule has 0 aromatic heterocycles. The Hall–Kier alpha value is -1.39. The molecule has 88 valence electrons. The molecule has 0 saturated carbocycles. The second-order valence-corrected chi connectivity index (χ2v) is 3.68. The number of anilines is 1. The number of nitrogens with one attached hydrogen (secondary N) is 1. The van der Waals surface area contributed by atoms with E-state index in [1.807, 2.05) is 37.2 Å². The lowest BCUT2D eigenvalue weighted by Crippen LogP contribution is -2.21. The molecule has 4 heteroatoms.